The van der Waals surface area contributed by atoms with Crippen LogP contribution in [0, 0.1) is 6.92 Å². The number of benzene rings is 2. The van der Waals surface area contributed by atoms with Crippen molar-refractivity contribution in [3.63, 3.8) is 0 Å². The van der Waals surface area contributed by atoms with E-state index >= 15 is 0 Å². The number of rotatable bonds is 7. The zero-order valence-electron chi connectivity index (χ0n) is 16.2. The van der Waals surface area contributed by atoms with Crippen LogP contribution in [0.4, 0.5) is 0 Å². The summed E-state index contributed by atoms with van der Waals surface area (Å²) in [5.74, 6) is 0.320. The molecule has 2 N–H and O–H groups in total. The third-order valence-corrected chi connectivity index (χ3v) is 4.10. The van der Waals surface area contributed by atoms with E-state index in [4.69, 9.17) is 25.8 Å². The Bertz CT molecular complexity index is 856. The van der Waals surface area contributed by atoms with E-state index in [-0.39, 0.29) is 0 Å². The number of nitrogens with one attached hydrogen (secondary N) is 2. The molecule has 0 fully saturated rings. The third-order valence-electron chi connectivity index (χ3n) is 3.78. The van der Waals surface area contributed by atoms with E-state index in [1.165, 1.54) is 13.2 Å². The summed E-state index contributed by atoms with van der Waals surface area (Å²) in [5, 5.41) is 0.399. The molecule has 0 aromatic heterocycles. The van der Waals surface area contributed by atoms with E-state index in [1.54, 1.807) is 31.2 Å². The number of hydrogen-bond donors (Lipinski definition) is 2. The van der Waals surface area contributed by atoms with Gasteiger partial charge in [-0.15, -0.1) is 0 Å². The maximum Gasteiger partial charge on any atom is 0.279 e. The van der Waals surface area contributed by atoms with E-state index in [0.29, 0.717) is 34.4 Å². The van der Waals surface area contributed by atoms with Crippen molar-refractivity contribution >= 4 is 23.4 Å². The molecule has 28 heavy (non-hydrogen) atoms. The Kier molecular flexibility index (Phi) is 7.52. The second-order valence-corrected chi connectivity index (χ2v) is 6.34. The van der Waals surface area contributed by atoms with Gasteiger partial charge in [0, 0.05) is 5.56 Å². The Balaban J connectivity index is 1.96. The van der Waals surface area contributed by atoms with E-state index in [0.717, 1.165) is 5.56 Å². The molecular formula is C20H23ClN2O5. The lowest BCUT2D eigenvalue weighted by Crippen LogP contribution is -2.47. The van der Waals surface area contributed by atoms with Crippen molar-refractivity contribution in [2.45, 2.75) is 26.9 Å². The topological polar surface area (TPSA) is 85.9 Å². The van der Waals surface area contributed by atoms with Crippen molar-refractivity contribution in [1.29, 1.82) is 0 Å². The van der Waals surface area contributed by atoms with E-state index in [9.17, 15) is 9.59 Å². The molecule has 0 bridgehead atoms. The predicted octanol–water partition coefficient (Wildman–Crippen LogP) is 3.28. The molecule has 2 amide bonds. The highest BCUT2D eigenvalue weighted by Crippen LogP contribution is 2.28. The van der Waals surface area contributed by atoms with E-state index in [1.807, 2.05) is 19.9 Å². The van der Waals surface area contributed by atoms with Crippen LogP contribution < -0.4 is 25.1 Å². The first-order valence-corrected chi connectivity index (χ1v) is 9.07. The molecule has 150 valence electrons. The normalized spacial score (nSPS) is 11.3. The zero-order chi connectivity index (χ0) is 20.7. The van der Waals surface area contributed by atoms with Crippen molar-refractivity contribution in [3.8, 4) is 17.2 Å². The fourth-order valence-corrected chi connectivity index (χ4v) is 2.48. The van der Waals surface area contributed by atoms with Crippen LogP contribution in [0.15, 0.2) is 36.4 Å². The standard InChI is InChI=1S/C20H23ClN2O5/c1-5-27-16-9-7-14(11-18(16)26-4)20(25)23-22-19(24)13(3)28-17-10-12(2)6-8-15(17)21/h6-11,13H,5H2,1-4H3,(H,22,24)(H,23,25). The summed E-state index contributed by atoms with van der Waals surface area (Å²) < 4.78 is 16.2. The molecule has 0 aliphatic heterocycles. The molecular weight excluding hydrogens is 384 g/mol. The summed E-state index contributed by atoms with van der Waals surface area (Å²) in [5.41, 5.74) is 5.93. The first-order chi connectivity index (χ1) is 13.3. The van der Waals surface area contributed by atoms with Gasteiger partial charge < -0.3 is 14.2 Å². The smallest absolute Gasteiger partial charge is 0.279 e. The van der Waals surface area contributed by atoms with Crippen LogP contribution in [-0.2, 0) is 4.79 Å². The Morgan fingerprint density at radius 1 is 1.07 bits per heavy atom. The molecule has 0 aliphatic carbocycles. The van der Waals surface area contributed by atoms with Gasteiger partial charge in [-0.25, -0.2) is 0 Å². The molecule has 0 heterocycles. The Morgan fingerprint density at radius 3 is 2.50 bits per heavy atom. The van der Waals surface area contributed by atoms with Crippen molar-refractivity contribution < 1.29 is 23.8 Å². The van der Waals surface area contributed by atoms with Gasteiger partial charge in [0.1, 0.15) is 5.75 Å². The van der Waals surface area contributed by atoms with Crippen LogP contribution in [0.25, 0.3) is 0 Å². The number of hydrogen-bond acceptors (Lipinski definition) is 5. The molecule has 8 heteroatoms. The minimum absolute atomic E-state index is 0.302. The molecule has 2 rings (SSSR count). The Labute approximate surface area is 168 Å². The van der Waals surface area contributed by atoms with Gasteiger partial charge >= 0.3 is 0 Å². The highest BCUT2D eigenvalue weighted by Gasteiger charge is 2.18. The van der Waals surface area contributed by atoms with Gasteiger partial charge in [0.05, 0.1) is 18.7 Å². The van der Waals surface area contributed by atoms with Crippen molar-refractivity contribution in [1.82, 2.24) is 10.9 Å². The highest BCUT2D eigenvalue weighted by atomic mass is 35.5. The average Bonchev–Trinajstić information content (AvgIpc) is 2.69. The fourth-order valence-electron chi connectivity index (χ4n) is 2.32. The van der Waals surface area contributed by atoms with Gasteiger partial charge in [-0.05, 0) is 56.7 Å². The Morgan fingerprint density at radius 2 is 1.82 bits per heavy atom. The van der Waals surface area contributed by atoms with Gasteiger partial charge in [0.2, 0.25) is 0 Å². The predicted molar refractivity (Wildman–Crippen MR) is 106 cm³/mol. The van der Waals surface area contributed by atoms with E-state index in [2.05, 4.69) is 10.9 Å². The highest BCUT2D eigenvalue weighted by molar-refractivity contribution is 6.32. The monoisotopic (exact) mass is 406 g/mol. The number of ether oxygens (including phenoxy) is 3. The third kappa shape index (κ3) is 5.53. The molecule has 1 atom stereocenters. The van der Waals surface area contributed by atoms with Gasteiger partial charge in [-0.2, -0.15) is 0 Å². The summed E-state index contributed by atoms with van der Waals surface area (Å²) in [4.78, 5) is 24.5. The van der Waals surface area contributed by atoms with Gasteiger partial charge in [-0.3, -0.25) is 20.4 Å². The summed E-state index contributed by atoms with van der Waals surface area (Å²) in [6.45, 7) is 5.77. The molecule has 7 nitrogen and oxygen atoms in total. The van der Waals surface area contributed by atoms with Crippen LogP contribution in [0.5, 0.6) is 17.2 Å². The van der Waals surface area contributed by atoms with Crippen LogP contribution >= 0.6 is 11.6 Å². The molecule has 0 aliphatic rings. The summed E-state index contributed by atoms with van der Waals surface area (Å²) in [7, 11) is 1.48. The molecule has 2 aromatic rings. The van der Waals surface area contributed by atoms with Crippen molar-refractivity contribution in [2.24, 2.45) is 0 Å². The number of hydrazine groups is 1. The maximum absolute atomic E-state index is 12.3. The minimum Gasteiger partial charge on any atom is -0.493 e. The SMILES string of the molecule is CCOc1ccc(C(=O)NNC(=O)C(C)Oc2cc(C)ccc2Cl)cc1OC. The minimum atomic E-state index is -0.866. The van der Waals surface area contributed by atoms with Gasteiger partial charge in [-0.1, -0.05) is 17.7 Å². The number of halogens is 1. The first-order valence-electron chi connectivity index (χ1n) is 8.69. The van der Waals surface area contributed by atoms with E-state index < -0.39 is 17.9 Å². The number of carbonyl (C=O) groups is 2. The molecule has 1 unspecified atom stereocenters. The van der Waals surface area contributed by atoms with Crippen LogP contribution in [0.3, 0.4) is 0 Å². The largest absolute Gasteiger partial charge is 0.493 e. The summed E-state index contributed by atoms with van der Waals surface area (Å²) in [6.07, 6.45) is -0.866. The second kappa shape index (κ2) is 9.85. The van der Waals surface area contributed by atoms with Crippen molar-refractivity contribution in [2.75, 3.05) is 13.7 Å². The second-order valence-electron chi connectivity index (χ2n) is 5.94. The molecule has 0 spiro atoms. The number of carbonyl (C=O) groups excluding carboxylic acids is 2. The number of methoxy groups -OCH3 is 1. The Hall–Kier alpha value is -2.93. The lowest BCUT2D eigenvalue weighted by atomic mass is 10.2. The molecule has 0 saturated carbocycles. The van der Waals surface area contributed by atoms with Crippen LogP contribution in [0.1, 0.15) is 29.8 Å². The maximum atomic E-state index is 12.3. The zero-order valence-corrected chi connectivity index (χ0v) is 16.9. The van der Waals surface area contributed by atoms with Crippen LogP contribution in [0.2, 0.25) is 5.02 Å². The molecule has 0 saturated heterocycles. The van der Waals surface area contributed by atoms with Crippen molar-refractivity contribution in [3.05, 3.63) is 52.5 Å². The van der Waals surface area contributed by atoms with Gasteiger partial charge in [0.15, 0.2) is 17.6 Å². The van der Waals surface area contributed by atoms with Gasteiger partial charge in [0.25, 0.3) is 11.8 Å². The fraction of sp³-hybridized carbons (Fsp3) is 0.300. The summed E-state index contributed by atoms with van der Waals surface area (Å²) >= 11 is 6.07. The summed E-state index contributed by atoms with van der Waals surface area (Å²) in [6, 6.07) is 9.99. The number of amides is 2. The first kappa shape index (κ1) is 21.4. The quantitative estimate of drug-likeness (QED) is 0.689. The lowest BCUT2D eigenvalue weighted by molar-refractivity contribution is -0.128. The molecule has 2 aromatic carbocycles. The van der Waals surface area contributed by atoms with Crippen LogP contribution in [-0.4, -0.2) is 31.6 Å². The number of aryl methyl sites for hydroxylation is 1. The average molecular weight is 407 g/mol. The lowest BCUT2D eigenvalue weighted by Gasteiger charge is -2.16. The molecule has 0 radical (unpaired) electrons.